The third kappa shape index (κ3) is 19.3. The van der Waals surface area contributed by atoms with E-state index in [4.69, 9.17) is 5.73 Å². The fraction of sp³-hybridized carbons (Fsp3) is 0.355. The van der Waals surface area contributed by atoms with Crippen LogP contribution in [-0.4, -0.2) is 128 Å². The van der Waals surface area contributed by atoms with Crippen LogP contribution in [0.4, 0.5) is 43.9 Å². The highest BCUT2D eigenvalue weighted by Crippen LogP contribution is 2.62. The molecular weight excluding hydrogens is 2010 g/mol. The zero-order valence-electron chi connectivity index (χ0n) is 78.9. The summed E-state index contributed by atoms with van der Waals surface area (Å²) in [5.41, 5.74) is 14.4. The second kappa shape index (κ2) is 41.3. The number of hydrogen-bond donors (Lipinski definition) is 2. The van der Waals surface area contributed by atoms with Crippen molar-refractivity contribution in [1.29, 1.82) is 0 Å². The van der Waals surface area contributed by atoms with Crippen molar-refractivity contribution >= 4 is 148 Å². The predicted molar refractivity (Wildman–Crippen MR) is 551 cm³/mol. The number of aryl methyl sites for hydroxylation is 5. The molecule has 24 rings (SSSR count). The van der Waals surface area contributed by atoms with Gasteiger partial charge in [-0.1, -0.05) is 128 Å². The Morgan fingerprint density at radius 1 is 0.403 bits per heavy atom. The number of carbonyl (C=O) groups is 5. The lowest BCUT2D eigenvalue weighted by Gasteiger charge is -2.41. The van der Waals surface area contributed by atoms with Gasteiger partial charge in [-0.15, -0.1) is 34.0 Å². The van der Waals surface area contributed by atoms with E-state index in [2.05, 4.69) is 77.4 Å². The maximum Gasteiger partial charge on any atom is 0.277 e. The largest absolute Gasteiger partial charge is 0.320 e. The molecule has 11 heterocycles. The third-order valence-electron chi connectivity index (χ3n) is 28.2. The van der Waals surface area contributed by atoms with Crippen LogP contribution in [0, 0.1) is 75.4 Å². The van der Waals surface area contributed by atoms with Crippen LogP contribution in [0.5, 0.6) is 0 Å². The summed E-state index contributed by atoms with van der Waals surface area (Å²) in [6.45, 7) is 8.10. The van der Waals surface area contributed by atoms with E-state index in [9.17, 15) is 67.9 Å². The van der Waals surface area contributed by atoms with Crippen LogP contribution < -0.4 is 11.1 Å². The molecule has 19 nitrogen and oxygen atoms in total. The fourth-order valence-electron chi connectivity index (χ4n) is 20.7. The van der Waals surface area contributed by atoms with Crippen LogP contribution in [0.3, 0.4) is 0 Å². The molecule has 746 valence electrons. The van der Waals surface area contributed by atoms with Crippen molar-refractivity contribution in [3.63, 3.8) is 0 Å². The smallest absolute Gasteiger partial charge is 0.277 e. The topological polar surface area (TPSA) is 218 Å². The molecule has 0 bridgehead atoms. The third-order valence-corrected chi connectivity index (χ3v) is 39.0. The first-order valence-electron chi connectivity index (χ1n) is 48.2. The molecule has 13 aliphatic rings. The molecule has 3 fully saturated rings. The Kier molecular flexibility index (Phi) is 28.9. The van der Waals surface area contributed by atoms with E-state index >= 15 is 0 Å². The molecule has 7 aliphatic heterocycles. The molecule has 144 heavy (non-hydrogen) atoms. The summed E-state index contributed by atoms with van der Waals surface area (Å²) in [4.78, 5) is 73.1. The zero-order chi connectivity index (χ0) is 100. The summed E-state index contributed by atoms with van der Waals surface area (Å²) < 4.78 is 142. The number of rotatable bonds is 10. The number of pyridine rings is 1. The number of nitrogens with two attached hydrogens (primary N) is 1. The quantitative estimate of drug-likeness (QED) is 0.122. The van der Waals surface area contributed by atoms with Gasteiger partial charge in [0, 0.05) is 66.2 Å². The van der Waals surface area contributed by atoms with E-state index < -0.39 is 94.0 Å². The summed E-state index contributed by atoms with van der Waals surface area (Å²) in [6, 6.07) is 41.4. The number of nitrogens with zero attached hydrogens (tertiary/aromatic N) is 12. The standard InChI is InChI=1S/C23H17F2N3OS.C22H23F2N3OS2.C22H22F2N2OS.2C20H19F2N3OS2/c24-17-9-10-20(25)18(13-17)21-27-28(22(29)16-7-4-12-26-14-16)23(30-21)11-3-6-15-5-1-2-8-19(15)23;1-26-10-6-15(7-11-26)21(28)27-22(9-2-3-14-8-12-29-19(14)22)30-20(25-27)17-13-16(23)4-5-18(17)24;1-21(2,3)20(27)26-22(12-6-8-14-7-4-5-9-17(14)22)28-19(25-26)16-13-15(23)10-11-18(16)24;21-13-5-6-15(22)14(11-13)18-24-25(19(26)16-4-2-9-23-16)20(28-18)8-1-3-12-7-10-27-17(12)20;21-13-5-6-15(22)14(10-13)18-24-25(19(26)16(23)11-3-4-11)20(28-18)8-1-2-12-7-9-27-17(12)20/h1-2,4-5,7-10,12-14H,3,6,11H2;4-5,8,12-13,15H,2-3,6-7,9-11H2,1H3;4-5,7,9-11,13H,6,8,12H2,1-3H3;5-7,10-11,16,23H,1-4,8-9H2;5-7,9-11,16H,1-4,8,23H2/t;;;2*16-,20?/m...00/s1. The molecule has 1 saturated carbocycles. The number of hydrazone groups is 5. The lowest BCUT2D eigenvalue weighted by molar-refractivity contribution is -0.143. The molecule has 5 unspecified atom stereocenters. The van der Waals surface area contributed by atoms with Gasteiger partial charge in [-0.2, -0.15) is 25.5 Å². The van der Waals surface area contributed by atoms with Gasteiger partial charge in [0.2, 0.25) is 11.8 Å². The number of hydrogen-bond acceptors (Lipinski definition) is 22. The number of nitrogens with one attached hydrogen (secondary N) is 1. The SMILES string of the molecule is CC(C)(C)C(=O)N1N=C(c2cc(F)ccc2F)SC12CCCc1ccccc12.CN1CCC(C(=O)N2N=C(c3cc(F)ccc3F)SC23CCCc2ccsc23)CC1.N[C@H](C(=O)N1N=C(c2cc(F)ccc2F)SC12CCCc1ccsc12)C1CC1.O=C([C@@H]1CCCN1)N1N=C(c2cc(F)ccc2F)SC12CCCc1ccsc12.O=C(c1cccnc1)N1N=C(c2cc(F)ccc2F)SC12CCCc1ccccc12. The highest BCUT2D eigenvalue weighted by atomic mass is 32.2. The molecule has 6 aliphatic carbocycles. The monoisotopic (exact) mass is 2110 g/mol. The van der Waals surface area contributed by atoms with E-state index in [1.54, 1.807) is 62.4 Å². The lowest BCUT2D eigenvalue weighted by atomic mass is 9.85. The summed E-state index contributed by atoms with van der Waals surface area (Å²) in [6.07, 6.45) is 21.1. The summed E-state index contributed by atoms with van der Waals surface area (Å²) >= 11 is 11.6. The Morgan fingerprint density at radius 2 is 0.764 bits per heavy atom. The number of benzene rings is 7. The first-order valence-corrected chi connectivity index (χ1v) is 54.9. The Bertz CT molecular complexity index is 6880. The normalized spacial score (nSPS) is 23.6. The molecule has 5 spiro atoms. The van der Waals surface area contributed by atoms with E-state index in [1.165, 1.54) is 108 Å². The van der Waals surface area contributed by atoms with E-state index in [0.29, 0.717) is 50.0 Å². The number of aromatic nitrogens is 1. The van der Waals surface area contributed by atoms with Gasteiger partial charge in [0.25, 0.3) is 17.7 Å². The number of fused-ring (bicyclic) bond motifs is 10. The average molecular weight is 2110 g/mol. The first kappa shape index (κ1) is 101. The molecule has 7 aromatic carbocycles. The number of piperidine rings is 1. The second-order valence-electron chi connectivity index (χ2n) is 38.8. The number of halogens is 10. The molecule has 37 heteroatoms. The van der Waals surface area contributed by atoms with Crippen LogP contribution in [0.1, 0.15) is 215 Å². The summed E-state index contributed by atoms with van der Waals surface area (Å²) in [5.74, 6) is -6.03. The van der Waals surface area contributed by atoms with Crippen LogP contribution in [0.15, 0.2) is 224 Å². The van der Waals surface area contributed by atoms with Crippen molar-refractivity contribution in [2.24, 2.45) is 48.5 Å². The van der Waals surface area contributed by atoms with Crippen LogP contribution in [-0.2, 0) is 75.6 Å². The van der Waals surface area contributed by atoms with Crippen molar-refractivity contribution in [3.05, 3.63) is 344 Å². The van der Waals surface area contributed by atoms with Crippen LogP contribution in [0.25, 0.3) is 0 Å². The minimum absolute atomic E-state index is 0.00339. The van der Waals surface area contributed by atoms with Gasteiger partial charge in [-0.25, -0.2) is 68.9 Å². The lowest BCUT2D eigenvalue weighted by Crippen LogP contribution is -2.50. The summed E-state index contributed by atoms with van der Waals surface area (Å²) in [5, 5.41) is 41.6. The number of likely N-dealkylation sites (tertiary alicyclic amines) is 1. The predicted octanol–water partition coefficient (Wildman–Crippen LogP) is 23.7. The van der Waals surface area contributed by atoms with Crippen LogP contribution >= 0.6 is 92.8 Å². The van der Waals surface area contributed by atoms with E-state index in [-0.39, 0.29) is 75.2 Å². The van der Waals surface area contributed by atoms with Gasteiger partial charge in [0.15, 0.2) is 14.6 Å². The molecule has 7 atom stereocenters. The highest BCUT2D eigenvalue weighted by molar-refractivity contribution is 8.16. The Labute approximate surface area is 859 Å². The highest BCUT2D eigenvalue weighted by Gasteiger charge is 2.60. The van der Waals surface area contributed by atoms with Gasteiger partial charge in [-0.05, 0) is 344 Å². The van der Waals surface area contributed by atoms with Crippen molar-refractivity contribution in [2.45, 2.75) is 192 Å². The number of amides is 5. The summed E-state index contributed by atoms with van der Waals surface area (Å²) in [7, 11) is 2.07. The van der Waals surface area contributed by atoms with Gasteiger partial charge >= 0.3 is 0 Å². The molecular formula is C107H100F10N14O5S8. The van der Waals surface area contributed by atoms with Crippen molar-refractivity contribution in [1.82, 2.24) is 40.2 Å². The molecule has 4 aromatic heterocycles. The Morgan fingerprint density at radius 3 is 1.15 bits per heavy atom. The Balaban J connectivity index is 0.000000110. The second-order valence-corrected chi connectivity index (χ2v) is 47.8. The average Bonchev–Trinajstić information content (AvgIpc) is 1.58. The van der Waals surface area contributed by atoms with E-state index in [0.717, 1.165) is 251 Å². The first-order chi connectivity index (χ1) is 69.4. The van der Waals surface area contributed by atoms with Gasteiger partial charge in [-0.3, -0.25) is 29.0 Å². The Hall–Kier alpha value is -10.6. The maximum absolute atomic E-state index is 14.6. The molecule has 11 aromatic rings. The van der Waals surface area contributed by atoms with E-state index in [1.807, 2.05) is 74.0 Å². The fourth-order valence-corrected chi connectivity index (χ4v) is 31.9. The van der Waals surface area contributed by atoms with Crippen molar-refractivity contribution < 1.29 is 67.9 Å². The molecule has 3 N–H and O–H groups in total. The van der Waals surface area contributed by atoms with Crippen LogP contribution in [0.2, 0.25) is 0 Å². The maximum atomic E-state index is 14.6. The molecule has 0 radical (unpaired) electrons. The minimum Gasteiger partial charge on any atom is -0.320 e. The molecule has 5 amide bonds. The van der Waals surface area contributed by atoms with Gasteiger partial charge in [0.05, 0.1) is 17.6 Å². The van der Waals surface area contributed by atoms with Crippen molar-refractivity contribution in [3.8, 4) is 0 Å². The zero-order valence-corrected chi connectivity index (χ0v) is 85.4. The number of thiophene rings is 3. The molecule has 2 saturated heterocycles. The van der Waals surface area contributed by atoms with Crippen molar-refractivity contribution in [2.75, 3.05) is 26.7 Å². The number of carbonyl (C=O) groups excluding carboxylic acids is 5. The number of thioether (sulfide) groups is 5. The van der Waals surface area contributed by atoms with Gasteiger partial charge < -0.3 is 16.0 Å². The minimum atomic E-state index is -0.810. The van der Waals surface area contributed by atoms with Gasteiger partial charge in [0.1, 0.15) is 93.1 Å².